The van der Waals surface area contributed by atoms with Crippen LogP contribution in [0.15, 0.2) is 18.3 Å². The molecule has 27 heavy (non-hydrogen) atoms. The van der Waals surface area contributed by atoms with Gasteiger partial charge in [0.2, 0.25) is 5.95 Å². The van der Waals surface area contributed by atoms with E-state index in [1.165, 1.54) is 12.8 Å². The number of rotatable bonds is 4. The molecule has 4 rings (SSSR count). The highest BCUT2D eigenvalue weighted by atomic mass is 15.3. The summed E-state index contributed by atoms with van der Waals surface area (Å²) >= 11 is 0. The molecular formula is C20H29N7. The van der Waals surface area contributed by atoms with Crippen LogP contribution in [0.1, 0.15) is 44.1 Å². The molecule has 2 aromatic rings. The van der Waals surface area contributed by atoms with E-state index in [-0.39, 0.29) is 0 Å². The van der Waals surface area contributed by atoms with Gasteiger partial charge in [-0.15, -0.1) is 0 Å². The van der Waals surface area contributed by atoms with Crippen LogP contribution in [-0.4, -0.2) is 59.2 Å². The molecule has 2 aliphatic heterocycles. The Balaban J connectivity index is 1.45. The fraction of sp³-hybridized carbons (Fsp3) is 0.600. The molecular weight excluding hydrogens is 338 g/mol. The maximum atomic E-state index is 4.87. The van der Waals surface area contributed by atoms with Gasteiger partial charge in [-0.1, -0.05) is 13.8 Å². The molecule has 0 aliphatic carbocycles. The third-order valence-electron chi connectivity index (χ3n) is 5.32. The monoisotopic (exact) mass is 367 g/mol. The number of anilines is 3. The van der Waals surface area contributed by atoms with Crippen molar-refractivity contribution in [1.29, 1.82) is 0 Å². The predicted molar refractivity (Wildman–Crippen MR) is 109 cm³/mol. The highest BCUT2D eigenvalue weighted by Gasteiger charge is 2.22. The van der Waals surface area contributed by atoms with Crippen molar-refractivity contribution in [3.63, 3.8) is 0 Å². The summed E-state index contributed by atoms with van der Waals surface area (Å²) in [5, 5.41) is 0. The van der Waals surface area contributed by atoms with E-state index < -0.39 is 0 Å². The standard InChI is InChI=1S/C20H29N7/c1-15(2)19-21-7-6-17(23-19)26-10-12-27(13-11-26)20-22-16(3)14-18(24-20)25-8-4-5-9-25/h6-7,14-15H,4-5,8-13H2,1-3H3. The van der Waals surface area contributed by atoms with E-state index in [0.717, 1.165) is 68.4 Å². The first-order valence-electron chi connectivity index (χ1n) is 10.0. The summed E-state index contributed by atoms with van der Waals surface area (Å²) in [6.07, 6.45) is 4.39. The van der Waals surface area contributed by atoms with Crippen LogP contribution in [0.4, 0.5) is 17.6 Å². The summed E-state index contributed by atoms with van der Waals surface area (Å²) in [6.45, 7) is 12.2. The molecule has 0 spiro atoms. The SMILES string of the molecule is Cc1cc(N2CCCC2)nc(N2CCN(c3ccnc(C(C)C)n3)CC2)n1. The molecule has 0 bridgehead atoms. The molecule has 7 heteroatoms. The van der Waals surface area contributed by atoms with Gasteiger partial charge in [0.1, 0.15) is 17.5 Å². The van der Waals surface area contributed by atoms with Gasteiger partial charge in [-0.2, -0.15) is 4.98 Å². The molecule has 7 nitrogen and oxygen atoms in total. The van der Waals surface area contributed by atoms with Gasteiger partial charge < -0.3 is 14.7 Å². The summed E-state index contributed by atoms with van der Waals surface area (Å²) < 4.78 is 0. The minimum atomic E-state index is 0.343. The van der Waals surface area contributed by atoms with Crippen molar-refractivity contribution < 1.29 is 0 Å². The van der Waals surface area contributed by atoms with Gasteiger partial charge in [-0.25, -0.2) is 15.0 Å². The third-order valence-corrected chi connectivity index (χ3v) is 5.32. The summed E-state index contributed by atoms with van der Waals surface area (Å²) in [5.74, 6) is 4.22. The molecule has 2 fully saturated rings. The Labute approximate surface area is 161 Å². The van der Waals surface area contributed by atoms with Crippen LogP contribution >= 0.6 is 0 Å². The maximum absolute atomic E-state index is 4.87. The van der Waals surface area contributed by atoms with E-state index in [4.69, 9.17) is 15.0 Å². The lowest BCUT2D eigenvalue weighted by Gasteiger charge is -2.36. The lowest BCUT2D eigenvalue weighted by Crippen LogP contribution is -2.47. The van der Waals surface area contributed by atoms with Gasteiger partial charge >= 0.3 is 0 Å². The summed E-state index contributed by atoms with van der Waals surface area (Å²) in [7, 11) is 0. The number of nitrogens with zero attached hydrogens (tertiary/aromatic N) is 7. The molecule has 4 heterocycles. The molecule has 0 atom stereocenters. The number of aryl methyl sites for hydroxylation is 1. The van der Waals surface area contributed by atoms with Crippen LogP contribution in [0, 0.1) is 6.92 Å². The third kappa shape index (κ3) is 3.96. The van der Waals surface area contributed by atoms with Crippen LogP contribution in [0.3, 0.4) is 0 Å². The number of hydrogen-bond acceptors (Lipinski definition) is 7. The fourth-order valence-electron chi connectivity index (χ4n) is 3.74. The van der Waals surface area contributed by atoms with Crippen molar-refractivity contribution in [3.05, 3.63) is 29.8 Å². The fourth-order valence-corrected chi connectivity index (χ4v) is 3.74. The minimum Gasteiger partial charge on any atom is -0.356 e. The number of piperazine rings is 1. The Bertz CT molecular complexity index is 778. The van der Waals surface area contributed by atoms with Crippen LogP contribution in [0.25, 0.3) is 0 Å². The Kier molecular flexibility index (Phi) is 5.09. The lowest BCUT2D eigenvalue weighted by molar-refractivity contribution is 0.629. The average molecular weight is 368 g/mol. The van der Waals surface area contributed by atoms with Gasteiger partial charge in [0.15, 0.2) is 0 Å². The molecule has 2 aliphatic rings. The second-order valence-electron chi connectivity index (χ2n) is 7.76. The molecule has 0 saturated carbocycles. The zero-order valence-electron chi connectivity index (χ0n) is 16.6. The molecule has 0 aromatic carbocycles. The van der Waals surface area contributed by atoms with Crippen molar-refractivity contribution in [2.75, 3.05) is 54.0 Å². The van der Waals surface area contributed by atoms with Crippen molar-refractivity contribution in [2.45, 2.75) is 39.5 Å². The minimum absolute atomic E-state index is 0.343. The zero-order chi connectivity index (χ0) is 18.8. The van der Waals surface area contributed by atoms with Gasteiger partial charge in [-0.3, -0.25) is 0 Å². The van der Waals surface area contributed by atoms with E-state index in [0.29, 0.717) is 5.92 Å². The van der Waals surface area contributed by atoms with Gasteiger partial charge in [0.25, 0.3) is 0 Å². The smallest absolute Gasteiger partial charge is 0.227 e. The first-order chi connectivity index (χ1) is 13.1. The highest BCUT2D eigenvalue weighted by molar-refractivity contribution is 5.48. The first kappa shape index (κ1) is 17.9. The van der Waals surface area contributed by atoms with Crippen molar-refractivity contribution in [2.24, 2.45) is 0 Å². The molecule has 144 valence electrons. The van der Waals surface area contributed by atoms with E-state index in [1.807, 2.05) is 12.3 Å². The van der Waals surface area contributed by atoms with Crippen molar-refractivity contribution >= 4 is 17.6 Å². The summed E-state index contributed by atoms with van der Waals surface area (Å²) in [6, 6.07) is 4.12. The molecule has 0 N–H and O–H groups in total. The Morgan fingerprint density at radius 1 is 0.815 bits per heavy atom. The normalized spacial score (nSPS) is 17.9. The molecule has 0 unspecified atom stereocenters. The highest BCUT2D eigenvalue weighted by Crippen LogP contribution is 2.23. The van der Waals surface area contributed by atoms with Gasteiger partial charge in [0.05, 0.1) is 0 Å². The van der Waals surface area contributed by atoms with Crippen molar-refractivity contribution in [3.8, 4) is 0 Å². The van der Waals surface area contributed by atoms with Crippen LogP contribution < -0.4 is 14.7 Å². The number of aromatic nitrogens is 4. The molecule has 0 radical (unpaired) electrons. The largest absolute Gasteiger partial charge is 0.356 e. The average Bonchev–Trinajstić information content (AvgIpc) is 3.23. The summed E-state index contributed by atoms with van der Waals surface area (Å²) in [4.78, 5) is 25.7. The van der Waals surface area contributed by atoms with E-state index in [9.17, 15) is 0 Å². The van der Waals surface area contributed by atoms with Crippen LogP contribution in [0.5, 0.6) is 0 Å². The molecule has 2 saturated heterocycles. The zero-order valence-corrected chi connectivity index (χ0v) is 16.6. The summed E-state index contributed by atoms with van der Waals surface area (Å²) in [5.41, 5.74) is 1.04. The second-order valence-corrected chi connectivity index (χ2v) is 7.76. The van der Waals surface area contributed by atoms with Gasteiger partial charge in [0, 0.05) is 63.1 Å². The van der Waals surface area contributed by atoms with E-state index >= 15 is 0 Å². The number of hydrogen-bond donors (Lipinski definition) is 0. The Hall–Kier alpha value is -2.44. The van der Waals surface area contributed by atoms with E-state index in [2.05, 4.69) is 46.5 Å². The predicted octanol–water partition coefficient (Wildman–Crippen LogP) is 2.63. The second kappa shape index (κ2) is 7.66. The Morgan fingerprint density at radius 2 is 1.48 bits per heavy atom. The lowest BCUT2D eigenvalue weighted by atomic mass is 10.2. The van der Waals surface area contributed by atoms with Gasteiger partial charge in [-0.05, 0) is 25.8 Å². The molecule has 0 amide bonds. The van der Waals surface area contributed by atoms with Crippen LogP contribution in [0.2, 0.25) is 0 Å². The van der Waals surface area contributed by atoms with E-state index in [1.54, 1.807) is 0 Å². The first-order valence-corrected chi connectivity index (χ1v) is 10.0. The maximum Gasteiger partial charge on any atom is 0.227 e. The van der Waals surface area contributed by atoms with Crippen LogP contribution in [-0.2, 0) is 0 Å². The molecule has 2 aromatic heterocycles. The quantitative estimate of drug-likeness (QED) is 0.823. The Morgan fingerprint density at radius 3 is 2.19 bits per heavy atom. The van der Waals surface area contributed by atoms with Crippen molar-refractivity contribution in [1.82, 2.24) is 19.9 Å². The topological polar surface area (TPSA) is 61.3 Å².